The van der Waals surface area contributed by atoms with Gasteiger partial charge in [-0.25, -0.2) is 13.2 Å². The van der Waals surface area contributed by atoms with E-state index in [1.807, 2.05) is 30.0 Å². The van der Waals surface area contributed by atoms with Gasteiger partial charge in [0.25, 0.3) is 10.0 Å². The van der Waals surface area contributed by atoms with E-state index in [1.54, 1.807) is 44.4 Å². The molecule has 3 aromatic rings. The number of carboxylic acid groups (broad SMARTS) is 1. The number of rotatable bonds is 6. The van der Waals surface area contributed by atoms with Crippen LogP contribution in [0.5, 0.6) is 11.5 Å². The molecule has 0 fully saturated rings. The van der Waals surface area contributed by atoms with Crippen molar-refractivity contribution >= 4 is 27.4 Å². The maximum Gasteiger partial charge on any atom is 0.337 e. The topological polar surface area (TPSA) is 105 Å². The predicted molar refractivity (Wildman–Crippen MR) is 130 cm³/mol. The van der Waals surface area contributed by atoms with Gasteiger partial charge in [-0.05, 0) is 55.8 Å². The Hall–Kier alpha value is -3.72. The minimum Gasteiger partial charge on any atom is -0.497 e. The third-order valence-corrected chi connectivity index (χ3v) is 7.24. The highest BCUT2D eigenvalue weighted by Gasteiger charge is 2.23. The highest BCUT2D eigenvalue weighted by Crippen LogP contribution is 2.33. The molecule has 34 heavy (non-hydrogen) atoms. The first-order chi connectivity index (χ1) is 16.2. The van der Waals surface area contributed by atoms with Gasteiger partial charge in [-0.3, -0.25) is 4.72 Å². The minimum absolute atomic E-state index is 0.00205. The number of carbonyl (C=O) groups is 1. The lowest BCUT2D eigenvalue weighted by atomic mass is 10.1. The van der Waals surface area contributed by atoms with Crippen LogP contribution in [0.4, 0.5) is 11.4 Å². The number of methoxy groups -OCH3 is 1. The Morgan fingerprint density at radius 2 is 1.88 bits per heavy atom. The van der Waals surface area contributed by atoms with Crippen molar-refractivity contribution in [1.29, 1.82) is 0 Å². The highest BCUT2D eigenvalue weighted by atomic mass is 32.2. The van der Waals surface area contributed by atoms with E-state index in [9.17, 15) is 18.3 Å². The molecule has 0 saturated heterocycles. The van der Waals surface area contributed by atoms with Crippen LogP contribution in [0.3, 0.4) is 0 Å². The number of ether oxygens (including phenoxy) is 2. The average Bonchev–Trinajstić information content (AvgIpc) is 3.00. The number of hydrogen-bond acceptors (Lipinski definition) is 6. The molecule has 0 amide bonds. The lowest BCUT2D eigenvalue weighted by molar-refractivity contribution is 0.0697. The van der Waals surface area contributed by atoms with Crippen molar-refractivity contribution < 1.29 is 27.8 Å². The zero-order valence-corrected chi connectivity index (χ0v) is 20.0. The van der Waals surface area contributed by atoms with Gasteiger partial charge in [-0.1, -0.05) is 17.7 Å². The van der Waals surface area contributed by atoms with Crippen molar-refractivity contribution in [3.63, 3.8) is 0 Å². The fraction of sp³-hybridized carbons (Fsp3) is 0.240. The normalized spacial score (nSPS) is 13.4. The van der Waals surface area contributed by atoms with E-state index < -0.39 is 16.0 Å². The number of fused-ring (bicyclic) bond motifs is 1. The molecule has 178 valence electrons. The van der Waals surface area contributed by atoms with Crippen molar-refractivity contribution in [2.75, 3.05) is 29.9 Å². The Morgan fingerprint density at radius 3 is 2.59 bits per heavy atom. The number of sulfonamides is 1. The number of hydrogen-bond donors (Lipinski definition) is 2. The highest BCUT2D eigenvalue weighted by molar-refractivity contribution is 7.92. The molecule has 0 bridgehead atoms. The number of aryl methyl sites for hydroxylation is 2. The van der Waals surface area contributed by atoms with Crippen LogP contribution in [0, 0.1) is 13.8 Å². The fourth-order valence-electron chi connectivity index (χ4n) is 4.04. The summed E-state index contributed by atoms with van der Waals surface area (Å²) >= 11 is 0. The molecule has 0 unspecified atom stereocenters. The van der Waals surface area contributed by atoms with Crippen LogP contribution in [0.2, 0.25) is 0 Å². The van der Waals surface area contributed by atoms with E-state index in [0.29, 0.717) is 42.4 Å². The number of carboxylic acids is 1. The van der Waals surface area contributed by atoms with Gasteiger partial charge in [0.05, 0.1) is 29.8 Å². The zero-order chi connectivity index (χ0) is 24.5. The van der Waals surface area contributed by atoms with Crippen LogP contribution in [0.25, 0.3) is 0 Å². The summed E-state index contributed by atoms with van der Waals surface area (Å²) in [4.78, 5) is 14.2. The van der Waals surface area contributed by atoms with Crippen LogP contribution in [0.1, 0.15) is 27.0 Å². The number of benzene rings is 3. The number of nitrogens with one attached hydrogen (secondary N) is 1. The molecule has 0 aliphatic carbocycles. The summed E-state index contributed by atoms with van der Waals surface area (Å²) in [7, 11) is -2.30. The zero-order valence-electron chi connectivity index (χ0n) is 19.2. The van der Waals surface area contributed by atoms with Crippen LogP contribution >= 0.6 is 0 Å². The van der Waals surface area contributed by atoms with Crippen LogP contribution in [-0.2, 0) is 16.6 Å². The van der Waals surface area contributed by atoms with Crippen molar-refractivity contribution in [3.8, 4) is 11.5 Å². The van der Waals surface area contributed by atoms with E-state index in [1.165, 1.54) is 6.07 Å². The third kappa shape index (κ3) is 4.79. The molecule has 0 atom stereocenters. The van der Waals surface area contributed by atoms with E-state index >= 15 is 0 Å². The van der Waals surface area contributed by atoms with Crippen LogP contribution in [-0.4, -0.2) is 39.8 Å². The molecule has 1 heterocycles. The molecule has 8 nitrogen and oxygen atoms in total. The monoisotopic (exact) mass is 482 g/mol. The smallest absolute Gasteiger partial charge is 0.337 e. The second kappa shape index (κ2) is 9.26. The Kier molecular flexibility index (Phi) is 6.39. The molecule has 4 rings (SSSR count). The van der Waals surface area contributed by atoms with Crippen LogP contribution < -0.4 is 19.1 Å². The molecule has 0 spiro atoms. The maximum absolute atomic E-state index is 12.9. The summed E-state index contributed by atoms with van der Waals surface area (Å²) in [5.41, 5.74) is 3.12. The predicted octanol–water partition coefficient (Wildman–Crippen LogP) is 4.21. The number of nitrogens with zero attached hydrogens (tertiary/aromatic N) is 1. The lowest BCUT2D eigenvalue weighted by Crippen LogP contribution is -2.27. The SMILES string of the molecule is COc1ccc2c(c1)OCCN(c1ccc(NS(=O)(=O)c3ccc(C)cc3C)cc1C(=O)O)C2. The molecule has 3 aromatic carbocycles. The molecule has 1 aliphatic heterocycles. The Morgan fingerprint density at radius 1 is 1.09 bits per heavy atom. The van der Waals surface area contributed by atoms with Gasteiger partial charge < -0.3 is 19.5 Å². The molecule has 2 N–H and O–H groups in total. The van der Waals surface area contributed by atoms with Gasteiger partial charge in [0.2, 0.25) is 0 Å². The largest absolute Gasteiger partial charge is 0.497 e. The van der Waals surface area contributed by atoms with Gasteiger partial charge in [-0.15, -0.1) is 0 Å². The minimum atomic E-state index is -3.88. The summed E-state index contributed by atoms with van der Waals surface area (Å²) in [5.74, 6) is 0.220. The second-order valence-corrected chi connectivity index (χ2v) is 9.81. The molecule has 9 heteroatoms. The standard InChI is InChI=1S/C25H26N2O6S/c1-16-4-9-24(17(2)12-16)34(30,31)26-19-6-8-22(21(13-19)25(28)29)27-10-11-33-23-14-20(32-3)7-5-18(23)15-27/h4-9,12-14,26H,10-11,15H2,1-3H3,(H,28,29). The van der Waals surface area contributed by atoms with Crippen LogP contribution in [0.15, 0.2) is 59.5 Å². The first-order valence-corrected chi connectivity index (χ1v) is 12.2. The van der Waals surface area contributed by atoms with Gasteiger partial charge in [-0.2, -0.15) is 0 Å². The van der Waals surface area contributed by atoms with Crippen molar-refractivity contribution in [3.05, 3.63) is 76.9 Å². The lowest BCUT2D eigenvalue weighted by Gasteiger charge is -2.24. The summed E-state index contributed by atoms with van der Waals surface area (Å²) in [6, 6.07) is 15.1. The fourth-order valence-corrected chi connectivity index (χ4v) is 5.32. The van der Waals surface area contributed by atoms with Crippen molar-refractivity contribution in [2.45, 2.75) is 25.3 Å². The molecule has 0 saturated carbocycles. The quantitative estimate of drug-likeness (QED) is 0.542. The van der Waals surface area contributed by atoms with Gasteiger partial charge >= 0.3 is 5.97 Å². The average molecular weight is 483 g/mol. The van der Waals surface area contributed by atoms with Crippen molar-refractivity contribution in [1.82, 2.24) is 0 Å². The summed E-state index contributed by atoms with van der Waals surface area (Å²) in [6.45, 7) is 4.87. The van der Waals surface area contributed by atoms with E-state index in [0.717, 1.165) is 11.1 Å². The molecule has 0 aromatic heterocycles. The molecular weight excluding hydrogens is 456 g/mol. The third-order valence-electron chi connectivity index (χ3n) is 5.69. The Balaban J connectivity index is 1.65. The molecule has 0 radical (unpaired) electrons. The Bertz CT molecular complexity index is 1350. The summed E-state index contributed by atoms with van der Waals surface area (Å²) < 4.78 is 39.5. The maximum atomic E-state index is 12.9. The first kappa shape index (κ1) is 23.4. The first-order valence-electron chi connectivity index (χ1n) is 10.7. The molecule has 1 aliphatic rings. The van der Waals surface area contributed by atoms with Gasteiger partial charge in [0.1, 0.15) is 18.1 Å². The second-order valence-electron chi connectivity index (χ2n) is 8.16. The van der Waals surface area contributed by atoms with E-state index in [-0.39, 0.29) is 16.1 Å². The van der Waals surface area contributed by atoms with E-state index in [2.05, 4.69) is 4.72 Å². The Labute approximate surface area is 198 Å². The summed E-state index contributed by atoms with van der Waals surface area (Å²) in [5, 5.41) is 9.89. The van der Waals surface area contributed by atoms with E-state index in [4.69, 9.17) is 9.47 Å². The van der Waals surface area contributed by atoms with Gasteiger partial charge in [0.15, 0.2) is 0 Å². The molecular formula is C25H26N2O6S. The number of anilines is 2. The number of aromatic carboxylic acids is 1. The van der Waals surface area contributed by atoms with Crippen molar-refractivity contribution in [2.24, 2.45) is 0 Å². The summed E-state index contributed by atoms with van der Waals surface area (Å²) in [6.07, 6.45) is 0. The van der Waals surface area contributed by atoms with Gasteiger partial charge in [0, 0.05) is 23.9 Å².